The number of amides is 1. The van der Waals surface area contributed by atoms with Crippen molar-refractivity contribution in [2.45, 2.75) is 30.2 Å². The highest BCUT2D eigenvalue weighted by atomic mass is 32.2. The van der Waals surface area contributed by atoms with E-state index in [4.69, 9.17) is 0 Å². The van der Waals surface area contributed by atoms with Crippen molar-refractivity contribution in [2.24, 2.45) is 11.8 Å². The van der Waals surface area contributed by atoms with Gasteiger partial charge in [0, 0.05) is 56.3 Å². The Morgan fingerprint density at radius 1 is 1.36 bits per heavy atom. The molecule has 2 aliphatic rings. The summed E-state index contributed by atoms with van der Waals surface area (Å²) in [5.74, 6) is 1.01. The van der Waals surface area contributed by atoms with Gasteiger partial charge < -0.3 is 20.0 Å². The number of rotatable bonds is 6. The molecule has 0 saturated carbocycles. The highest BCUT2D eigenvalue weighted by Crippen LogP contribution is 2.28. The third-order valence-electron chi connectivity index (χ3n) is 5.13. The molecule has 0 spiro atoms. The van der Waals surface area contributed by atoms with Gasteiger partial charge in [0.05, 0.1) is 11.9 Å². The molecule has 6 nitrogen and oxygen atoms in total. The minimum Gasteiger partial charge on any atom is -0.396 e. The Labute approximate surface area is 157 Å². The lowest BCUT2D eigenvalue weighted by molar-refractivity contribution is -0.127. The standard InChI is InChI=1S/C17H27N3O3S2/c1-12-10-24-17(18-12)25-11-16(23)20-7-13(14(8-20)9-21)6-19-4-2-15(22)3-5-19/h10,13-15,21-22H,2-9,11H2,1H3/t13-,14-/m0/s1. The summed E-state index contributed by atoms with van der Waals surface area (Å²) in [6.07, 6.45) is 1.48. The second-order valence-corrected chi connectivity index (χ2v) is 9.16. The van der Waals surface area contributed by atoms with E-state index in [1.54, 1.807) is 11.3 Å². The van der Waals surface area contributed by atoms with Crippen LogP contribution < -0.4 is 0 Å². The van der Waals surface area contributed by atoms with Gasteiger partial charge in [-0.3, -0.25) is 4.79 Å². The van der Waals surface area contributed by atoms with E-state index in [9.17, 15) is 15.0 Å². The molecule has 2 aliphatic heterocycles. The molecule has 3 rings (SSSR count). The van der Waals surface area contributed by atoms with Crippen LogP contribution in [-0.4, -0.2) is 82.1 Å². The fraction of sp³-hybridized carbons (Fsp3) is 0.765. The van der Waals surface area contributed by atoms with Gasteiger partial charge in [-0.15, -0.1) is 11.3 Å². The van der Waals surface area contributed by atoms with Crippen LogP contribution in [0.3, 0.4) is 0 Å². The average Bonchev–Trinajstić information content (AvgIpc) is 3.21. The van der Waals surface area contributed by atoms with Crippen molar-refractivity contribution in [1.82, 2.24) is 14.8 Å². The quantitative estimate of drug-likeness (QED) is 0.714. The summed E-state index contributed by atoms with van der Waals surface area (Å²) in [5.41, 5.74) is 0.994. The molecular weight excluding hydrogens is 358 g/mol. The Kier molecular flexibility index (Phi) is 6.73. The van der Waals surface area contributed by atoms with Gasteiger partial charge in [-0.05, 0) is 25.7 Å². The molecule has 1 aromatic heterocycles. The monoisotopic (exact) mass is 385 g/mol. The number of nitrogens with zero attached hydrogens (tertiary/aromatic N) is 3. The number of aliphatic hydroxyl groups is 2. The van der Waals surface area contributed by atoms with Crippen LogP contribution in [0.15, 0.2) is 9.72 Å². The fourth-order valence-corrected chi connectivity index (χ4v) is 5.36. The molecule has 1 aromatic rings. The number of hydrogen-bond acceptors (Lipinski definition) is 7. The van der Waals surface area contributed by atoms with Crippen LogP contribution >= 0.6 is 23.1 Å². The maximum Gasteiger partial charge on any atom is 0.233 e. The summed E-state index contributed by atoms with van der Waals surface area (Å²) < 4.78 is 0.937. The smallest absolute Gasteiger partial charge is 0.233 e. The molecule has 140 valence electrons. The van der Waals surface area contributed by atoms with E-state index in [1.807, 2.05) is 17.2 Å². The maximum absolute atomic E-state index is 12.5. The maximum atomic E-state index is 12.5. The number of carbonyl (C=O) groups is 1. The van der Waals surface area contributed by atoms with Crippen molar-refractivity contribution in [1.29, 1.82) is 0 Å². The minimum absolute atomic E-state index is 0.129. The molecule has 25 heavy (non-hydrogen) atoms. The Morgan fingerprint density at radius 3 is 2.72 bits per heavy atom. The number of carbonyl (C=O) groups excluding carboxylic acids is 1. The topological polar surface area (TPSA) is 76.9 Å². The number of aromatic nitrogens is 1. The van der Waals surface area contributed by atoms with Crippen molar-refractivity contribution >= 4 is 29.0 Å². The van der Waals surface area contributed by atoms with Crippen molar-refractivity contribution in [2.75, 3.05) is 45.1 Å². The summed E-state index contributed by atoms with van der Waals surface area (Å²) >= 11 is 3.07. The molecule has 0 aromatic carbocycles. The fourth-order valence-electron chi connectivity index (χ4n) is 3.60. The van der Waals surface area contributed by atoms with E-state index in [2.05, 4.69) is 9.88 Å². The minimum atomic E-state index is -0.168. The SMILES string of the molecule is Cc1csc(SCC(=O)N2C[C@@H](CO)[C@@H](CN3CCC(O)CC3)C2)n1. The van der Waals surface area contributed by atoms with Gasteiger partial charge in [0.1, 0.15) is 0 Å². The summed E-state index contributed by atoms with van der Waals surface area (Å²) in [6, 6.07) is 0. The number of aryl methyl sites for hydroxylation is 1. The predicted molar refractivity (Wildman–Crippen MR) is 99.9 cm³/mol. The van der Waals surface area contributed by atoms with Gasteiger partial charge in [-0.25, -0.2) is 4.98 Å². The first-order chi connectivity index (χ1) is 12.0. The summed E-state index contributed by atoms with van der Waals surface area (Å²) in [5, 5.41) is 21.3. The molecular formula is C17H27N3O3S2. The lowest BCUT2D eigenvalue weighted by Gasteiger charge is -2.32. The van der Waals surface area contributed by atoms with Crippen LogP contribution in [0.5, 0.6) is 0 Å². The van der Waals surface area contributed by atoms with E-state index < -0.39 is 0 Å². The number of thioether (sulfide) groups is 1. The van der Waals surface area contributed by atoms with Crippen molar-refractivity contribution in [3.8, 4) is 0 Å². The summed E-state index contributed by atoms with van der Waals surface area (Å²) in [7, 11) is 0. The van der Waals surface area contributed by atoms with E-state index in [0.29, 0.717) is 18.2 Å². The number of aliphatic hydroxyl groups excluding tert-OH is 2. The molecule has 2 saturated heterocycles. The second-order valence-electron chi connectivity index (χ2n) is 7.08. The van der Waals surface area contributed by atoms with Gasteiger partial charge in [0.25, 0.3) is 0 Å². The molecule has 0 bridgehead atoms. The predicted octanol–water partition coefficient (Wildman–Crippen LogP) is 1.07. The first kappa shape index (κ1) is 19.1. The van der Waals surface area contributed by atoms with Crippen molar-refractivity contribution < 1.29 is 15.0 Å². The first-order valence-corrected chi connectivity index (χ1v) is 10.8. The zero-order valence-corrected chi connectivity index (χ0v) is 16.3. The summed E-state index contributed by atoms with van der Waals surface area (Å²) in [4.78, 5) is 21.2. The van der Waals surface area contributed by atoms with Crippen LogP contribution in [-0.2, 0) is 4.79 Å². The average molecular weight is 386 g/mol. The number of piperidine rings is 1. The van der Waals surface area contributed by atoms with E-state index in [-0.39, 0.29) is 24.5 Å². The van der Waals surface area contributed by atoms with Crippen LogP contribution in [0.4, 0.5) is 0 Å². The Morgan fingerprint density at radius 2 is 2.08 bits per heavy atom. The van der Waals surface area contributed by atoms with E-state index >= 15 is 0 Å². The van der Waals surface area contributed by atoms with Crippen molar-refractivity contribution in [3.05, 3.63) is 11.1 Å². The lowest BCUT2D eigenvalue weighted by Crippen LogP contribution is -2.41. The number of likely N-dealkylation sites (tertiary alicyclic amines) is 2. The molecule has 2 fully saturated rings. The molecule has 1 amide bonds. The van der Waals surface area contributed by atoms with E-state index in [1.165, 1.54) is 11.8 Å². The third kappa shape index (κ3) is 5.17. The van der Waals surface area contributed by atoms with Gasteiger partial charge in [0.15, 0.2) is 4.34 Å². The molecule has 8 heteroatoms. The molecule has 2 N–H and O–H groups in total. The van der Waals surface area contributed by atoms with Crippen LogP contribution in [0.2, 0.25) is 0 Å². The molecule has 0 radical (unpaired) electrons. The summed E-state index contributed by atoms with van der Waals surface area (Å²) in [6.45, 7) is 6.17. The zero-order chi connectivity index (χ0) is 17.8. The zero-order valence-electron chi connectivity index (χ0n) is 14.6. The molecule has 0 aliphatic carbocycles. The lowest BCUT2D eigenvalue weighted by atomic mass is 9.95. The molecule has 3 heterocycles. The van der Waals surface area contributed by atoms with Crippen LogP contribution in [0, 0.1) is 18.8 Å². The van der Waals surface area contributed by atoms with Gasteiger partial charge in [0.2, 0.25) is 5.91 Å². The van der Waals surface area contributed by atoms with Gasteiger partial charge >= 0.3 is 0 Å². The second kappa shape index (κ2) is 8.81. The Balaban J connectivity index is 1.49. The Hall–Kier alpha value is -0.670. The van der Waals surface area contributed by atoms with Gasteiger partial charge in [-0.1, -0.05) is 11.8 Å². The molecule has 2 atom stereocenters. The Bertz CT molecular complexity index is 575. The largest absolute Gasteiger partial charge is 0.396 e. The number of hydrogen-bond donors (Lipinski definition) is 2. The highest BCUT2D eigenvalue weighted by molar-refractivity contribution is 8.01. The van der Waals surface area contributed by atoms with Crippen molar-refractivity contribution in [3.63, 3.8) is 0 Å². The van der Waals surface area contributed by atoms with Crippen LogP contribution in [0.25, 0.3) is 0 Å². The number of thiazole rings is 1. The molecule has 0 unspecified atom stereocenters. The van der Waals surface area contributed by atoms with E-state index in [0.717, 1.165) is 49.1 Å². The van der Waals surface area contributed by atoms with Crippen LogP contribution in [0.1, 0.15) is 18.5 Å². The highest BCUT2D eigenvalue weighted by Gasteiger charge is 2.36. The third-order valence-corrected chi connectivity index (χ3v) is 7.25. The van der Waals surface area contributed by atoms with Gasteiger partial charge in [-0.2, -0.15) is 0 Å². The first-order valence-electron chi connectivity index (χ1n) is 8.89. The normalized spacial score (nSPS) is 25.6.